The monoisotopic (exact) mass is 457 g/mol. The molecule has 2 fully saturated rings. The second-order valence-electron chi connectivity index (χ2n) is 8.62. The van der Waals surface area contributed by atoms with Crippen molar-refractivity contribution >= 4 is 28.2 Å². The van der Waals surface area contributed by atoms with Crippen molar-refractivity contribution in [1.82, 2.24) is 4.90 Å². The first-order valence-corrected chi connectivity index (χ1v) is 11.7. The van der Waals surface area contributed by atoms with Crippen molar-refractivity contribution in [2.24, 2.45) is 0 Å². The fourth-order valence-electron chi connectivity index (χ4n) is 4.91. The highest BCUT2D eigenvalue weighted by atomic mass is 16.5. The minimum Gasteiger partial charge on any atom is -0.507 e. The molecule has 5 rings (SSSR count). The van der Waals surface area contributed by atoms with Gasteiger partial charge in [-0.15, -0.1) is 0 Å². The summed E-state index contributed by atoms with van der Waals surface area (Å²) in [6.45, 7) is 3.40. The second kappa shape index (κ2) is 9.31. The summed E-state index contributed by atoms with van der Waals surface area (Å²) in [5.74, 6) is -0.751. The van der Waals surface area contributed by atoms with Crippen LogP contribution in [0.4, 0.5) is 0 Å². The van der Waals surface area contributed by atoms with Crippen molar-refractivity contribution in [3.63, 3.8) is 0 Å². The molecule has 3 aromatic rings. The number of aliphatic hydroxyl groups excluding tert-OH is 1. The Morgan fingerprint density at radius 1 is 1.06 bits per heavy atom. The van der Waals surface area contributed by atoms with Gasteiger partial charge in [-0.1, -0.05) is 54.6 Å². The topological polar surface area (TPSA) is 76.1 Å². The number of carbonyl (C=O) groups excluding carboxylic acids is 2. The first-order chi connectivity index (χ1) is 16.6. The van der Waals surface area contributed by atoms with E-state index in [1.165, 1.54) is 0 Å². The largest absolute Gasteiger partial charge is 0.507 e. The minimum absolute atomic E-state index is 0.100. The van der Waals surface area contributed by atoms with Crippen LogP contribution in [0, 0.1) is 0 Å². The lowest BCUT2D eigenvalue weighted by Crippen LogP contribution is -2.36. The maximum Gasteiger partial charge on any atom is 0.295 e. The van der Waals surface area contributed by atoms with Gasteiger partial charge in [0, 0.05) is 18.7 Å². The molecular weight excluding hydrogens is 430 g/mol. The van der Waals surface area contributed by atoms with Crippen LogP contribution >= 0.6 is 0 Å². The number of carbonyl (C=O) groups is 2. The van der Waals surface area contributed by atoms with E-state index in [4.69, 9.17) is 9.47 Å². The Kier molecular flexibility index (Phi) is 6.07. The molecule has 34 heavy (non-hydrogen) atoms. The number of aliphatic hydroxyl groups is 1. The Balaban J connectivity index is 1.65. The molecule has 3 aromatic carbocycles. The smallest absolute Gasteiger partial charge is 0.295 e. The highest BCUT2D eigenvalue weighted by molar-refractivity contribution is 6.46. The zero-order valence-electron chi connectivity index (χ0n) is 19.1. The molecule has 2 heterocycles. The molecule has 2 aliphatic heterocycles. The number of ether oxygens (including phenoxy) is 2. The number of hydrogen-bond donors (Lipinski definition) is 1. The highest BCUT2D eigenvalue weighted by Crippen LogP contribution is 2.41. The number of Topliss-reactive ketones (excluding diaryl/α,β-unsaturated/α-hetero) is 1. The van der Waals surface area contributed by atoms with Crippen molar-refractivity contribution in [2.45, 2.75) is 31.9 Å². The van der Waals surface area contributed by atoms with Crippen LogP contribution in [-0.4, -0.2) is 47.6 Å². The number of nitrogens with zero attached hydrogens (tertiary/aromatic N) is 1. The maximum atomic E-state index is 13.3. The predicted molar refractivity (Wildman–Crippen MR) is 130 cm³/mol. The van der Waals surface area contributed by atoms with Gasteiger partial charge < -0.3 is 19.5 Å². The third-order valence-corrected chi connectivity index (χ3v) is 6.52. The summed E-state index contributed by atoms with van der Waals surface area (Å²) in [7, 11) is 0. The molecule has 6 nitrogen and oxygen atoms in total. The molecule has 2 atom stereocenters. The van der Waals surface area contributed by atoms with Gasteiger partial charge in [0.25, 0.3) is 11.7 Å². The number of amides is 1. The van der Waals surface area contributed by atoms with Gasteiger partial charge in [-0.25, -0.2) is 0 Å². The molecule has 0 spiro atoms. The lowest BCUT2D eigenvalue weighted by atomic mass is 9.93. The lowest BCUT2D eigenvalue weighted by Gasteiger charge is -2.27. The van der Waals surface area contributed by atoms with Crippen LogP contribution in [0.1, 0.15) is 36.9 Å². The Morgan fingerprint density at radius 3 is 2.56 bits per heavy atom. The van der Waals surface area contributed by atoms with Gasteiger partial charge in [0.1, 0.15) is 11.5 Å². The van der Waals surface area contributed by atoms with Crippen LogP contribution in [0.25, 0.3) is 16.5 Å². The van der Waals surface area contributed by atoms with Crippen LogP contribution < -0.4 is 4.74 Å². The molecule has 0 aliphatic carbocycles. The normalized spacial score (nSPS) is 22.0. The molecule has 1 N–H and O–H groups in total. The standard InChI is InChI=1S/C28H27NO5/c1-2-33-20-14-12-19(13-15-20)25-24(27(31)28(32)29(25)17-21-9-6-16-34-21)26(30)23-11-5-8-18-7-3-4-10-22(18)23/h3-5,7-8,10-15,21,25,30H,2,6,9,16-17H2,1H3/b26-24-. The van der Waals surface area contributed by atoms with Crippen molar-refractivity contribution in [3.8, 4) is 5.75 Å². The number of benzene rings is 3. The molecule has 1 amide bonds. The summed E-state index contributed by atoms with van der Waals surface area (Å²) in [5.41, 5.74) is 1.37. The molecule has 0 saturated carbocycles. The Hall–Kier alpha value is -3.64. The van der Waals surface area contributed by atoms with Gasteiger partial charge in [-0.3, -0.25) is 9.59 Å². The highest BCUT2D eigenvalue weighted by Gasteiger charge is 2.47. The summed E-state index contributed by atoms with van der Waals surface area (Å²) in [6.07, 6.45) is 1.64. The predicted octanol–water partition coefficient (Wildman–Crippen LogP) is 4.84. The Labute approximate surface area is 198 Å². The number of hydrogen-bond acceptors (Lipinski definition) is 5. The Bertz CT molecular complexity index is 1250. The SMILES string of the molecule is CCOc1ccc(C2/C(=C(/O)c3cccc4ccccc34)C(=O)C(=O)N2CC2CCCO2)cc1. The molecule has 174 valence electrons. The van der Waals surface area contributed by atoms with Crippen LogP contribution in [0.15, 0.2) is 72.3 Å². The van der Waals surface area contributed by atoms with Gasteiger partial charge in [-0.2, -0.15) is 0 Å². The molecule has 0 bridgehead atoms. The van der Waals surface area contributed by atoms with E-state index >= 15 is 0 Å². The van der Waals surface area contributed by atoms with Gasteiger partial charge in [0.05, 0.1) is 24.3 Å². The molecule has 0 radical (unpaired) electrons. The zero-order chi connectivity index (χ0) is 23.7. The summed E-state index contributed by atoms with van der Waals surface area (Å²) in [6, 6.07) is 19.9. The lowest BCUT2D eigenvalue weighted by molar-refractivity contribution is -0.140. The number of fused-ring (bicyclic) bond motifs is 1. The van der Waals surface area contributed by atoms with Gasteiger partial charge in [0.15, 0.2) is 0 Å². The quantitative estimate of drug-likeness (QED) is 0.326. The van der Waals surface area contributed by atoms with Crippen LogP contribution in [0.5, 0.6) is 5.75 Å². The molecule has 2 aliphatic rings. The number of likely N-dealkylation sites (tertiary alicyclic amines) is 1. The minimum atomic E-state index is -0.709. The van der Waals surface area contributed by atoms with Crippen molar-refractivity contribution < 1.29 is 24.2 Å². The van der Waals surface area contributed by atoms with Crippen molar-refractivity contribution in [1.29, 1.82) is 0 Å². The van der Waals surface area contributed by atoms with E-state index in [1.807, 2.05) is 67.6 Å². The van der Waals surface area contributed by atoms with E-state index in [-0.39, 0.29) is 17.4 Å². The number of rotatable bonds is 6. The summed E-state index contributed by atoms with van der Waals surface area (Å²) in [4.78, 5) is 28.1. The van der Waals surface area contributed by atoms with Crippen LogP contribution in [-0.2, 0) is 14.3 Å². The zero-order valence-corrected chi connectivity index (χ0v) is 19.1. The van der Waals surface area contributed by atoms with E-state index in [0.29, 0.717) is 31.1 Å². The molecule has 2 unspecified atom stereocenters. The Morgan fingerprint density at radius 2 is 1.82 bits per heavy atom. The van der Waals surface area contributed by atoms with Crippen LogP contribution in [0.2, 0.25) is 0 Å². The van der Waals surface area contributed by atoms with E-state index < -0.39 is 17.7 Å². The third-order valence-electron chi connectivity index (χ3n) is 6.52. The van der Waals surface area contributed by atoms with E-state index in [2.05, 4.69) is 0 Å². The molecule has 2 saturated heterocycles. The molecule has 6 heteroatoms. The van der Waals surface area contributed by atoms with Crippen molar-refractivity contribution in [2.75, 3.05) is 19.8 Å². The first kappa shape index (κ1) is 22.2. The van der Waals surface area contributed by atoms with Gasteiger partial charge in [-0.05, 0) is 48.2 Å². The van der Waals surface area contributed by atoms with Gasteiger partial charge >= 0.3 is 0 Å². The fourth-order valence-corrected chi connectivity index (χ4v) is 4.91. The van der Waals surface area contributed by atoms with E-state index in [9.17, 15) is 14.7 Å². The van der Waals surface area contributed by atoms with Gasteiger partial charge in [0.2, 0.25) is 0 Å². The fraction of sp³-hybridized carbons (Fsp3) is 0.286. The summed E-state index contributed by atoms with van der Waals surface area (Å²) >= 11 is 0. The maximum absolute atomic E-state index is 13.3. The molecular formula is C28H27NO5. The van der Waals surface area contributed by atoms with E-state index in [1.54, 1.807) is 11.0 Å². The molecule has 0 aromatic heterocycles. The summed E-state index contributed by atoms with van der Waals surface area (Å²) < 4.78 is 11.3. The number of ketones is 1. The average molecular weight is 458 g/mol. The summed E-state index contributed by atoms with van der Waals surface area (Å²) in [5, 5.41) is 13.2. The second-order valence-corrected chi connectivity index (χ2v) is 8.62. The average Bonchev–Trinajstić information content (AvgIpc) is 3.46. The van der Waals surface area contributed by atoms with E-state index in [0.717, 1.165) is 29.2 Å². The van der Waals surface area contributed by atoms with Crippen molar-refractivity contribution in [3.05, 3.63) is 83.4 Å². The van der Waals surface area contributed by atoms with Crippen LogP contribution in [0.3, 0.4) is 0 Å². The first-order valence-electron chi connectivity index (χ1n) is 11.7. The third kappa shape index (κ3) is 3.94.